The lowest BCUT2D eigenvalue weighted by Gasteiger charge is -2.37. The zero-order chi connectivity index (χ0) is 16.4. The molecular formula is C12H12F3NO4S. The SMILES string of the molecule is C=C/C=C1/C=C(C(=O)O)[C@@H](C(F)(F)F)N(S(=O)O)/C1=C/C. The van der Waals surface area contributed by atoms with Crippen molar-refractivity contribution in [2.24, 2.45) is 0 Å². The third-order valence-corrected chi connectivity index (χ3v) is 3.41. The van der Waals surface area contributed by atoms with Gasteiger partial charge in [0.1, 0.15) is 0 Å². The summed E-state index contributed by atoms with van der Waals surface area (Å²) in [5.41, 5.74) is -1.19. The van der Waals surface area contributed by atoms with Gasteiger partial charge in [-0.05, 0) is 18.6 Å². The van der Waals surface area contributed by atoms with Gasteiger partial charge in [-0.25, -0.2) is 9.00 Å². The summed E-state index contributed by atoms with van der Waals surface area (Å²) in [6.07, 6.45) is -0.527. The van der Waals surface area contributed by atoms with E-state index >= 15 is 0 Å². The third-order valence-electron chi connectivity index (χ3n) is 2.67. The lowest BCUT2D eigenvalue weighted by Crippen LogP contribution is -2.50. The fourth-order valence-electron chi connectivity index (χ4n) is 1.93. The van der Waals surface area contributed by atoms with Crippen LogP contribution in [-0.4, -0.2) is 36.4 Å². The molecule has 0 aromatic carbocycles. The van der Waals surface area contributed by atoms with E-state index < -0.39 is 35.0 Å². The number of allylic oxidation sites excluding steroid dienone is 4. The fourth-order valence-corrected chi connectivity index (χ4v) is 2.72. The summed E-state index contributed by atoms with van der Waals surface area (Å²) in [6.45, 7) is 4.75. The molecule has 1 aliphatic heterocycles. The number of aliphatic carboxylic acids is 1. The highest BCUT2D eigenvalue weighted by Gasteiger charge is 2.52. The van der Waals surface area contributed by atoms with Crippen LogP contribution in [0.4, 0.5) is 13.2 Å². The van der Waals surface area contributed by atoms with E-state index in [2.05, 4.69) is 6.58 Å². The molecule has 1 heterocycles. The molecule has 116 valence electrons. The molecule has 0 saturated carbocycles. The van der Waals surface area contributed by atoms with Gasteiger partial charge in [0.15, 0.2) is 6.04 Å². The predicted molar refractivity (Wildman–Crippen MR) is 70.2 cm³/mol. The minimum atomic E-state index is -5.03. The molecule has 0 bridgehead atoms. The smallest absolute Gasteiger partial charge is 0.414 e. The Balaban J connectivity index is 3.69. The van der Waals surface area contributed by atoms with Gasteiger partial charge >= 0.3 is 12.1 Å². The maximum atomic E-state index is 13.1. The van der Waals surface area contributed by atoms with E-state index in [1.165, 1.54) is 25.2 Å². The molecule has 0 aliphatic carbocycles. The van der Waals surface area contributed by atoms with Gasteiger partial charge in [0.25, 0.3) is 11.3 Å². The van der Waals surface area contributed by atoms with Gasteiger partial charge in [-0.1, -0.05) is 24.8 Å². The van der Waals surface area contributed by atoms with Crippen LogP contribution in [0.5, 0.6) is 0 Å². The van der Waals surface area contributed by atoms with Crippen molar-refractivity contribution in [3.63, 3.8) is 0 Å². The molecule has 2 N–H and O–H groups in total. The van der Waals surface area contributed by atoms with Gasteiger partial charge in [0, 0.05) is 0 Å². The maximum Gasteiger partial charge on any atom is 0.414 e. The number of hydrogen-bond acceptors (Lipinski definition) is 2. The van der Waals surface area contributed by atoms with Crippen LogP contribution in [0.1, 0.15) is 6.92 Å². The fraction of sp³-hybridized carbons (Fsp3) is 0.250. The van der Waals surface area contributed by atoms with Gasteiger partial charge in [0.05, 0.1) is 11.3 Å². The van der Waals surface area contributed by atoms with Crippen LogP contribution in [0, 0.1) is 0 Å². The number of carboxylic acids is 1. The largest absolute Gasteiger partial charge is 0.478 e. The standard InChI is InChI=1S/C12H12F3NO4S/c1-3-5-7-6-8(11(17)18)10(12(13,14)15)16(21(19)20)9(7)4-2/h3-6,10H,1H2,2H3,(H,17,18)(H,19,20)/b7-5-,9-4+/t10-/m0/s1. The normalized spacial score (nSPS) is 24.9. The van der Waals surface area contributed by atoms with E-state index in [9.17, 15) is 26.7 Å². The number of nitrogens with zero attached hydrogens (tertiary/aromatic N) is 1. The number of rotatable bonds is 3. The predicted octanol–water partition coefficient (Wildman–Crippen LogP) is 2.40. The van der Waals surface area contributed by atoms with E-state index in [1.807, 2.05) is 0 Å². The number of hydrogen-bond donors (Lipinski definition) is 2. The molecule has 21 heavy (non-hydrogen) atoms. The molecule has 0 spiro atoms. The Kier molecular flexibility index (Phi) is 5.13. The molecular weight excluding hydrogens is 311 g/mol. The summed E-state index contributed by atoms with van der Waals surface area (Å²) in [5, 5.41) is 8.97. The topological polar surface area (TPSA) is 77.8 Å². The average molecular weight is 323 g/mol. The quantitative estimate of drug-likeness (QED) is 0.782. The van der Waals surface area contributed by atoms with Gasteiger partial charge in [-0.2, -0.15) is 13.2 Å². The van der Waals surface area contributed by atoms with E-state index in [1.54, 1.807) is 0 Å². The molecule has 2 atom stereocenters. The number of halogens is 3. The Morgan fingerprint density at radius 1 is 1.52 bits per heavy atom. The maximum absolute atomic E-state index is 13.1. The van der Waals surface area contributed by atoms with Gasteiger partial charge in [-0.15, -0.1) is 0 Å². The van der Waals surface area contributed by atoms with E-state index in [-0.39, 0.29) is 15.6 Å². The highest BCUT2D eigenvalue weighted by Crippen LogP contribution is 2.39. The van der Waals surface area contributed by atoms with Crippen LogP contribution in [0.3, 0.4) is 0 Å². The van der Waals surface area contributed by atoms with Gasteiger partial charge in [-0.3, -0.25) is 8.86 Å². The molecule has 0 aromatic rings. The Hall–Kier alpha value is -1.87. The second kappa shape index (κ2) is 6.27. The van der Waals surface area contributed by atoms with Crippen molar-refractivity contribution in [1.82, 2.24) is 4.31 Å². The summed E-state index contributed by atoms with van der Waals surface area (Å²) >= 11 is -3.05. The Labute approximate surface area is 121 Å². The van der Waals surface area contributed by atoms with Crippen molar-refractivity contribution in [3.8, 4) is 0 Å². The summed E-state index contributed by atoms with van der Waals surface area (Å²) in [7, 11) is 0. The molecule has 0 saturated heterocycles. The number of carboxylic acid groups (broad SMARTS) is 1. The summed E-state index contributed by atoms with van der Waals surface area (Å²) in [5.74, 6) is -1.82. The summed E-state index contributed by atoms with van der Waals surface area (Å²) in [6, 6.07) is -2.71. The first-order valence-electron chi connectivity index (χ1n) is 5.56. The minimum absolute atomic E-state index is 0.0489. The van der Waals surface area contributed by atoms with Crippen molar-refractivity contribution in [2.45, 2.75) is 19.1 Å². The molecule has 1 rings (SSSR count). The molecule has 0 aromatic heterocycles. The first-order valence-corrected chi connectivity index (χ1v) is 6.62. The van der Waals surface area contributed by atoms with Crippen molar-refractivity contribution >= 4 is 17.2 Å². The second-order valence-electron chi connectivity index (χ2n) is 3.94. The van der Waals surface area contributed by atoms with Crippen LogP contribution in [0.15, 0.2) is 47.7 Å². The van der Waals surface area contributed by atoms with Crippen LogP contribution in [0.25, 0.3) is 0 Å². The van der Waals surface area contributed by atoms with Crippen molar-refractivity contribution in [2.75, 3.05) is 0 Å². The monoisotopic (exact) mass is 323 g/mol. The number of alkyl halides is 3. The van der Waals surface area contributed by atoms with Crippen molar-refractivity contribution in [1.29, 1.82) is 0 Å². The first-order chi connectivity index (χ1) is 9.65. The third kappa shape index (κ3) is 3.42. The molecule has 1 unspecified atom stereocenters. The lowest BCUT2D eigenvalue weighted by atomic mass is 9.95. The second-order valence-corrected chi connectivity index (χ2v) is 4.79. The zero-order valence-electron chi connectivity index (χ0n) is 10.8. The van der Waals surface area contributed by atoms with Crippen molar-refractivity contribution in [3.05, 3.63) is 47.7 Å². The summed E-state index contributed by atoms with van der Waals surface area (Å²) < 4.78 is 60.0. The van der Waals surface area contributed by atoms with Gasteiger partial charge < -0.3 is 5.11 Å². The van der Waals surface area contributed by atoms with Crippen LogP contribution < -0.4 is 0 Å². The highest BCUT2D eigenvalue weighted by molar-refractivity contribution is 7.76. The minimum Gasteiger partial charge on any atom is -0.478 e. The molecule has 0 amide bonds. The Morgan fingerprint density at radius 3 is 2.43 bits per heavy atom. The Bertz CT molecular complexity index is 578. The summed E-state index contributed by atoms with van der Waals surface area (Å²) in [4.78, 5) is 11.1. The molecule has 1 aliphatic rings. The van der Waals surface area contributed by atoms with Crippen molar-refractivity contribution < 1.29 is 31.8 Å². The average Bonchev–Trinajstić information content (AvgIpc) is 2.35. The molecule has 0 fully saturated rings. The molecule has 9 heteroatoms. The first kappa shape index (κ1) is 17.2. The van der Waals surface area contributed by atoms with Crippen LogP contribution >= 0.6 is 0 Å². The Morgan fingerprint density at radius 2 is 2.10 bits per heavy atom. The highest BCUT2D eigenvalue weighted by atomic mass is 32.2. The van der Waals surface area contributed by atoms with Crippen LogP contribution in [-0.2, 0) is 16.1 Å². The molecule has 5 nitrogen and oxygen atoms in total. The molecule has 0 radical (unpaired) electrons. The zero-order valence-corrected chi connectivity index (χ0v) is 11.6. The van der Waals surface area contributed by atoms with E-state index in [0.29, 0.717) is 0 Å². The van der Waals surface area contributed by atoms with E-state index in [4.69, 9.17) is 5.11 Å². The lowest BCUT2D eigenvalue weighted by molar-refractivity contribution is -0.164. The van der Waals surface area contributed by atoms with E-state index in [0.717, 1.165) is 6.08 Å². The van der Waals surface area contributed by atoms with Gasteiger partial charge in [0.2, 0.25) is 0 Å². The number of carbonyl (C=O) groups is 1. The van der Waals surface area contributed by atoms with Crippen LogP contribution in [0.2, 0.25) is 0 Å².